The molecule has 0 aromatic heterocycles. The van der Waals surface area contributed by atoms with Crippen LogP contribution in [0.5, 0.6) is 0 Å². The van der Waals surface area contributed by atoms with Gasteiger partial charge in [-0.2, -0.15) is 13.2 Å². The molecule has 1 fully saturated rings. The molecular formula is C15H19BrF3N. The summed E-state index contributed by atoms with van der Waals surface area (Å²) in [6.07, 6.45) is 1.01. The lowest BCUT2D eigenvalue weighted by Gasteiger charge is -2.33. The summed E-state index contributed by atoms with van der Waals surface area (Å²) in [5.74, 6) is 0.466. The molecule has 1 N–H and O–H groups in total. The van der Waals surface area contributed by atoms with Gasteiger partial charge in [-0.3, -0.25) is 0 Å². The Bertz CT molecular complexity index is 459. The number of rotatable bonds is 3. The van der Waals surface area contributed by atoms with Gasteiger partial charge in [0, 0.05) is 16.2 Å². The maximum Gasteiger partial charge on any atom is 0.418 e. The summed E-state index contributed by atoms with van der Waals surface area (Å²) in [4.78, 5) is 0. The predicted octanol–water partition coefficient (Wildman–Crippen LogP) is 5.85. The zero-order valence-corrected chi connectivity index (χ0v) is 13.0. The van der Waals surface area contributed by atoms with Gasteiger partial charge in [-0.1, -0.05) is 42.1 Å². The van der Waals surface area contributed by atoms with Gasteiger partial charge < -0.3 is 5.32 Å². The van der Waals surface area contributed by atoms with Crippen molar-refractivity contribution >= 4 is 21.6 Å². The normalized spacial score (nSPS) is 23.6. The number of benzene rings is 1. The van der Waals surface area contributed by atoms with E-state index in [0.717, 1.165) is 31.7 Å². The summed E-state index contributed by atoms with van der Waals surface area (Å²) >= 11 is 3.11. The van der Waals surface area contributed by atoms with Gasteiger partial charge in [-0.25, -0.2) is 0 Å². The molecule has 2 atom stereocenters. The van der Waals surface area contributed by atoms with E-state index in [2.05, 4.69) is 28.2 Å². The second-order valence-electron chi connectivity index (χ2n) is 5.39. The van der Waals surface area contributed by atoms with Crippen molar-refractivity contribution in [1.82, 2.24) is 0 Å². The van der Waals surface area contributed by atoms with Gasteiger partial charge >= 0.3 is 6.18 Å². The molecule has 5 heteroatoms. The van der Waals surface area contributed by atoms with Crippen LogP contribution in [0, 0.1) is 5.92 Å². The molecular weight excluding hydrogens is 331 g/mol. The van der Waals surface area contributed by atoms with E-state index >= 15 is 0 Å². The molecule has 1 aliphatic carbocycles. The number of halogens is 4. The van der Waals surface area contributed by atoms with Crippen molar-refractivity contribution in [2.45, 2.75) is 51.2 Å². The maximum atomic E-state index is 13.1. The fraction of sp³-hybridized carbons (Fsp3) is 0.600. The van der Waals surface area contributed by atoms with E-state index in [-0.39, 0.29) is 11.7 Å². The molecule has 0 radical (unpaired) electrons. The van der Waals surface area contributed by atoms with Gasteiger partial charge in [0.15, 0.2) is 0 Å². The quantitative estimate of drug-likeness (QED) is 0.721. The lowest BCUT2D eigenvalue weighted by Crippen LogP contribution is -2.32. The summed E-state index contributed by atoms with van der Waals surface area (Å²) in [7, 11) is 0. The van der Waals surface area contributed by atoms with Crippen molar-refractivity contribution in [3.05, 3.63) is 28.2 Å². The van der Waals surface area contributed by atoms with E-state index in [0.29, 0.717) is 10.4 Å². The lowest BCUT2D eigenvalue weighted by atomic mass is 9.82. The minimum Gasteiger partial charge on any atom is -0.382 e. The molecule has 0 bridgehead atoms. The smallest absolute Gasteiger partial charge is 0.382 e. The molecule has 0 aliphatic heterocycles. The molecule has 1 saturated carbocycles. The van der Waals surface area contributed by atoms with Gasteiger partial charge in [-0.05, 0) is 37.0 Å². The average molecular weight is 350 g/mol. The molecule has 1 aromatic rings. The van der Waals surface area contributed by atoms with Crippen molar-refractivity contribution in [3.8, 4) is 0 Å². The molecule has 1 nitrogen and oxygen atoms in total. The standard InChI is InChI=1S/C15H19BrF3N/c1-2-10-5-3-4-6-13(10)20-14-8-7-11(16)9-12(14)15(17,18)19/h7-10,13,20H,2-6H2,1H3. The van der Waals surface area contributed by atoms with Gasteiger partial charge in [-0.15, -0.1) is 0 Å². The third-order valence-corrected chi connectivity index (χ3v) is 4.55. The number of hydrogen-bond donors (Lipinski definition) is 1. The van der Waals surface area contributed by atoms with Gasteiger partial charge in [0.2, 0.25) is 0 Å². The highest BCUT2D eigenvalue weighted by Crippen LogP contribution is 2.38. The van der Waals surface area contributed by atoms with E-state index in [1.54, 1.807) is 6.07 Å². The fourth-order valence-electron chi connectivity index (χ4n) is 2.96. The van der Waals surface area contributed by atoms with Crippen LogP contribution in [0.2, 0.25) is 0 Å². The predicted molar refractivity (Wildman–Crippen MR) is 78.8 cm³/mol. The van der Waals surface area contributed by atoms with Crippen molar-refractivity contribution in [2.75, 3.05) is 5.32 Å². The van der Waals surface area contributed by atoms with E-state index in [9.17, 15) is 13.2 Å². The van der Waals surface area contributed by atoms with E-state index in [4.69, 9.17) is 0 Å². The Morgan fingerprint density at radius 3 is 2.60 bits per heavy atom. The van der Waals surface area contributed by atoms with Crippen LogP contribution in [0.1, 0.15) is 44.6 Å². The number of hydrogen-bond acceptors (Lipinski definition) is 1. The molecule has 2 rings (SSSR count). The van der Waals surface area contributed by atoms with E-state index in [1.807, 2.05) is 0 Å². The topological polar surface area (TPSA) is 12.0 Å². The first kappa shape index (κ1) is 15.7. The fourth-order valence-corrected chi connectivity index (χ4v) is 3.32. The number of anilines is 1. The van der Waals surface area contributed by atoms with Crippen molar-refractivity contribution in [2.24, 2.45) is 5.92 Å². The lowest BCUT2D eigenvalue weighted by molar-refractivity contribution is -0.137. The average Bonchev–Trinajstić information content (AvgIpc) is 2.40. The molecule has 2 unspecified atom stereocenters. The Hall–Kier alpha value is -0.710. The highest BCUT2D eigenvalue weighted by molar-refractivity contribution is 9.10. The summed E-state index contributed by atoms with van der Waals surface area (Å²) in [5.41, 5.74) is -0.390. The van der Waals surface area contributed by atoms with Gasteiger partial charge in [0.25, 0.3) is 0 Å². The molecule has 1 aliphatic rings. The van der Waals surface area contributed by atoms with Gasteiger partial charge in [0.1, 0.15) is 0 Å². The van der Waals surface area contributed by atoms with Crippen LogP contribution >= 0.6 is 15.9 Å². The SMILES string of the molecule is CCC1CCCCC1Nc1ccc(Br)cc1C(F)(F)F. The van der Waals surface area contributed by atoms with Crippen LogP contribution in [0.4, 0.5) is 18.9 Å². The van der Waals surface area contributed by atoms with Crippen LogP contribution in [0.15, 0.2) is 22.7 Å². The number of alkyl halides is 3. The molecule has 112 valence electrons. The second-order valence-corrected chi connectivity index (χ2v) is 6.31. The van der Waals surface area contributed by atoms with Gasteiger partial charge in [0.05, 0.1) is 5.56 Å². The summed E-state index contributed by atoms with van der Waals surface area (Å²) in [5, 5.41) is 3.14. The summed E-state index contributed by atoms with van der Waals surface area (Å²) in [6, 6.07) is 4.47. The van der Waals surface area contributed by atoms with Crippen LogP contribution < -0.4 is 5.32 Å². The Morgan fingerprint density at radius 1 is 1.25 bits per heavy atom. The highest BCUT2D eigenvalue weighted by atomic mass is 79.9. The third kappa shape index (κ3) is 3.68. The highest BCUT2D eigenvalue weighted by Gasteiger charge is 2.35. The first-order valence-corrected chi connectivity index (χ1v) is 7.84. The maximum absolute atomic E-state index is 13.1. The molecule has 0 heterocycles. The van der Waals surface area contributed by atoms with Crippen molar-refractivity contribution in [1.29, 1.82) is 0 Å². The first-order chi connectivity index (χ1) is 9.41. The molecule has 20 heavy (non-hydrogen) atoms. The Labute approximate surface area is 126 Å². The zero-order chi connectivity index (χ0) is 14.8. The summed E-state index contributed by atoms with van der Waals surface area (Å²) in [6.45, 7) is 2.11. The van der Waals surface area contributed by atoms with Crippen LogP contribution in [-0.2, 0) is 6.18 Å². The Balaban J connectivity index is 2.24. The number of nitrogens with one attached hydrogen (secondary N) is 1. The Morgan fingerprint density at radius 2 is 1.95 bits per heavy atom. The monoisotopic (exact) mass is 349 g/mol. The van der Waals surface area contributed by atoms with Crippen LogP contribution in [0.25, 0.3) is 0 Å². The van der Waals surface area contributed by atoms with E-state index in [1.165, 1.54) is 12.5 Å². The molecule has 0 spiro atoms. The summed E-state index contributed by atoms with van der Waals surface area (Å²) < 4.78 is 39.8. The zero-order valence-electron chi connectivity index (χ0n) is 11.4. The second kappa shape index (κ2) is 6.37. The molecule has 0 saturated heterocycles. The molecule has 1 aromatic carbocycles. The Kier molecular flexibility index (Phi) is 4.99. The van der Waals surface area contributed by atoms with E-state index < -0.39 is 11.7 Å². The van der Waals surface area contributed by atoms with Crippen molar-refractivity contribution < 1.29 is 13.2 Å². The largest absolute Gasteiger partial charge is 0.418 e. The van der Waals surface area contributed by atoms with Crippen LogP contribution in [-0.4, -0.2) is 6.04 Å². The molecule has 0 amide bonds. The third-order valence-electron chi connectivity index (χ3n) is 4.06. The minimum atomic E-state index is -4.33. The minimum absolute atomic E-state index is 0.149. The van der Waals surface area contributed by atoms with Crippen molar-refractivity contribution in [3.63, 3.8) is 0 Å². The van der Waals surface area contributed by atoms with Crippen LogP contribution in [0.3, 0.4) is 0 Å². The first-order valence-electron chi connectivity index (χ1n) is 7.05.